The van der Waals surface area contributed by atoms with Crippen molar-refractivity contribution in [2.45, 2.75) is 25.4 Å². The Morgan fingerprint density at radius 2 is 1.71 bits per heavy atom. The van der Waals surface area contributed by atoms with Crippen molar-refractivity contribution in [1.29, 1.82) is 0 Å². The second-order valence-electron chi connectivity index (χ2n) is 9.88. The topological polar surface area (TPSA) is 78.9 Å². The summed E-state index contributed by atoms with van der Waals surface area (Å²) < 4.78 is 32.3. The van der Waals surface area contributed by atoms with Crippen LogP contribution in [0.15, 0.2) is 72.8 Å². The van der Waals surface area contributed by atoms with Gasteiger partial charge in [-0.25, -0.2) is 13.1 Å². The van der Waals surface area contributed by atoms with Crippen LogP contribution in [0, 0.1) is 0 Å². The molecule has 0 saturated carbocycles. The lowest BCUT2D eigenvalue weighted by Crippen LogP contribution is -2.27. The van der Waals surface area contributed by atoms with Gasteiger partial charge in [0, 0.05) is 22.7 Å². The average molecular weight is 551 g/mol. The second kappa shape index (κ2) is 12.0. The first-order valence-electron chi connectivity index (χ1n) is 13.0. The smallest absolute Gasteiger partial charge is 0.208 e. The summed E-state index contributed by atoms with van der Waals surface area (Å²) in [4.78, 5) is 3.66. The van der Waals surface area contributed by atoms with Crippen molar-refractivity contribution in [3.8, 4) is 16.2 Å². The molecule has 1 saturated heterocycles. The summed E-state index contributed by atoms with van der Waals surface area (Å²) in [5.41, 5.74) is 4.25. The third kappa shape index (κ3) is 6.81. The summed E-state index contributed by atoms with van der Waals surface area (Å²) in [5, 5.41) is 11.7. The van der Waals surface area contributed by atoms with Gasteiger partial charge in [-0.05, 0) is 78.2 Å². The number of fused-ring (bicyclic) bond motifs is 1. The van der Waals surface area contributed by atoms with Crippen LogP contribution in [0.3, 0.4) is 0 Å². The van der Waals surface area contributed by atoms with Crippen molar-refractivity contribution < 1.29 is 18.3 Å². The molecule has 2 heterocycles. The molecule has 0 spiro atoms. The quantitative estimate of drug-likeness (QED) is 0.268. The third-order valence-corrected chi connectivity index (χ3v) is 8.93. The minimum Gasteiger partial charge on any atom is -0.492 e. The summed E-state index contributed by atoms with van der Waals surface area (Å²) in [6.45, 7) is 4.01. The van der Waals surface area contributed by atoms with Crippen molar-refractivity contribution >= 4 is 31.4 Å². The number of hydrogen-bond donors (Lipinski definition) is 2. The number of benzene rings is 3. The van der Waals surface area contributed by atoms with E-state index in [1.807, 2.05) is 24.3 Å². The van der Waals surface area contributed by atoms with Crippen molar-refractivity contribution in [3.63, 3.8) is 0 Å². The number of thiophene rings is 1. The van der Waals surface area contributed by atoms with E-state index in [1.54, 1.807) is 11.3 Å². The van der Waals surface area contributed by atoms with Crippen LogP contribution in [0.25, 0.3) is 20.5 Å². The lowest BCUT2D eigenvalue weighted by molar-refractivity contribution is 0.182. The van der Waals surface area contributed by atoms with Crippen molar-refractivity contribution in [2.75, 3.05) is 39.0 Å². The lowest BCUT2D eigenvalue weighted by atomic mass is 9.98. The Labute approximate surface area is 228 Å². The van der Waals surface area contributed by atoms with Gasteiger partial charge < -0.3 is 9.84 Å². The molecule has 0 bridgehead atoms. The largest absolute Gasteiger partial charge is 0.492 e. The van der Waals surface area contributed by atoms with Gasteiger partial charge in [0.15, 0.2) is 0 Å². The summed E-state index contributed by atoms with van der Waals surface area (Å²) in [7, 11) is -3.36. The Kier molecular flexibility index (Phi) is 8.45. The van der Waals surface area contributed by atoms with Gasteiger partial charge >= 0.3 is 0 Å². The molecule has 200 valence electrons. The normalized spacial score (nSPS) is 15.2. The van der Waals surface area contributed by atoms with Crippen LogP contribution in [0.1, 0.15) is 35.6 Å². The maximum atomic E-state index is 11.4. The van der Waals surface area contributed by atoms with Crippen LogP contribution >= 0.6 is 11.3 Å². The molecule has 1 aliphatic heterocycles. The van der Waals surface area contributed by atoms with E-state index in [1.165, 1.54) is 52.0 Å². The average Bonchev–Trinajstić information content (AvgIpc) is 3.56. The van der Waals surface area contributed by atoms with E-state index < -0.39 is 16.1 Å². The number of aliphatic hydroxyl groups is 1. The predicted octanol–water partition coefficient (Wildman–Crippen LogP) is 5.22. The van der Waals surface area contributed by atoms with E-state index in [0.717, 1.165) is 30.5 Å². The van der Waals surface area contributed by atoms with E-state index in [4.69, 9.17) is 4.74 Å². The zero-order chi connectivity index (χ0) is 26.5. The number of rotatable bonds is 11. The molecule has 3 aromatic carbocycles. The molecule has 2 N–H and O–H groups in total. The van der Waals surface area contributed by atoms with Gasteiger partial charge in [0.2, 0.25) is 10.0 Å². The minimum atomic E-state index is -3.36. The fraction of sp³-hybridized carbons (Fsp3) is 0.333. The first kappa shape index (κ1) is 26.8. The van der Waals surface area contributed by atoms with Crippen LogP contribution in [-0.4, -0.2) is 57.5 Å². The summed E-state index contributed by atoms with van der Waals surface area (Å²) in [6, 6.07) is 24.6. The van der Waals surface area contributed by atoms with Crippen molar-refractivity contribution in [2.24, 2.45) is 0 Å². The Morgan fingerprint density at radius 1 is 1.00 bits per heavy atom. The van der Waals surface area contributed by atoms with Gasteiger partial charge in [0.05, 0.1) is 12.4 Å². The molecular formula is C30H34N2O4S2. The van der Waals surface area contributed by atoms with Crippen LogP contribution in [0.2, 0.25) is 0 Å². The third-order valence-electron chi connectivity index (χ3n) is 6.97. The lowest BCUT2D eigenvalue weighted by Gasteiger charge is -2.15. The Balaban J connectivity index is 1.32. The number of ether oxygens (including phenoxy) is 1. The molecule has 1 fully saturated rings. The summed E-state index contributed by atoms with van der Waals surface area (Å²) in [5.74, 6) is 0.905. The van der Waals surface area contributed by atoms with E-state index in [-0.39, 0.29) is 6.54 Å². The van der Waals surface area contributed by atoms with E-state index in [0.29, 0.717) is 12.2 Å². The molecule has 5 rings (SSSR count). The zero-order valence-corrected chi connectivity index (χ0v) is 23.2. The summed E-state index contributed by atoms with van der Waals surface area (Å²) >= 11 is 1.77. The van der Waals surface area contributed by atoms with Gasteiger partial charge in [-0.3, -0.25) is 4.90 Å². The number of nitrogens with one attached hydrogen (secondary N) is 1. The first-order chi connectivity index (χ1) is 18.4. The Bertz CT molecular complexity index is 1460. The highest BCUT2D eigenvalue weighted by Gasteiger charge is 2.16. The van der Waals surface area contributed by atoms with Crippen LogP contribution in [0.5, 0.6) is 5.75 Å². The Hall–Kier alpha value is -2.75. The maximum absolute atomic E-state index is 11.4. The van der Waals surface area contributed by atoms with Crippen molar-refractivity contribution in [1.82, 2.24) is 9.62 Å². The highest BCUT2D eigenvalue weighted by molar-refractivity contribution is 7.88. The number of aliphatic hydroxyl groups excluding tert-OH is 1. The fourth-order valence-corrected chi connectivity index (χ4v) is 6.61. The zero-order valence-electron chi connectivity index (χ0n) is 21.6. The van der Waals surface area contributed by atoms with Gasteiger partial charge in [-0.2, -0.15) is 0 Å². The van der Waals surface area contributed by atoms with E-state index >= 15 is 0 Å². The number of hydrogen-bond acceptors (Lipinski definition) is 6. The van der Waals surface area contributed by atoms with E-state index in [2.05, 4.69) is 58.2 Å². The monoisotopic (exact) mass is 550 g/mol. The molecule has 0 aliphatic carbocycles. The second-order valence-corrected chi connectivity index (χ2v) is 12.8. The van der Waals surface area contributed by atoms with Gasteiger partial charge in [-0.15, -0.1) is 11.3 Å². The maximum Gasteiger partial charge on any atom is 0.208 e. The van der Waals surface area contributed by atoms with Crippen molar-refractivity contribution in [3.05, 3.63) is 89.5 Å². The summed E-state index contributed by atoms with van der Waals surface area (Å²) in [6.07, 6.45) is 3.57. The highest BCUT2D eigenvalue weighted by atomic mass is 32.2. The van der Waals surface area contributed by atoms with Gasteiger partial charge in [0.1, 0.15) is 12.4 Å². The minimum absolute atomic E-state index is 0.0513. The molecule has 4 aromatic rings. The first-order valence-corrected chi connectivity index (χ1v) is 15.7. The van der Waals surface area contributed by atoms with Crippen LogP contribution < -0.4 is 9.46 Å². The van der Waals surface area contributed by atoms with Gasteiger partial charge in [0.25, 0.3) is 0 Å². The molecule has 8 heteroatoms. The van der Waals surface area contributed by atoms with Crippen LogP contribution in [0.4, 0.5) is 0 Å². The highest BCUT2D eigenvalue weighted by Crippen LogP contribution is 2.40. The number of likely N-dealkylation sites (tertiary alicyclic amines) is 1. The Morgan fingerprint density at radius 3 is 2.42 bits per heavy atom. The molecule has 0 amide bonds. The number of nitrogens with zero attached hydrogens (tertiary/aromatic N) is 1. The molecule has 0 radical (unpaired) electrons. The molecule has 1 aromatic heterocycles. The molecule has 6 nitrogen and oxygen atoms in total. The SMILES string of the molecule is CS(=O)(=O)NCC(O)c1ccc(-c2sc3ccccc3c2Cc2ccc(OCCN3CCCC3)cc2)cc1. The number of sulfonamides is 1. The van der Waals surface area contributed by atoms with Crippen LogP contribution in [-0.2, 0) is 16.4 Å². The standard InChI is InChI=1S/C30H34N2O4S2/c1-38(34,35)31-21-28(33)23-10-12-24(13-11-23)30-27(26-6-2-3-7-29(26)37-30)20-22-8-14-25(15-9-22)36-19-18-32-16-4-5-17-32/h2-3,6-15,28,31,33H,4-5,16-21H2,1H3. The van der Waals surface area contributed by atoms with Gasteiger partial charge in [-0.1, -0.05) is 54.6 Å². The predicted molar refractivity (Wildman–Crippen MR) is 155 cm³/mol. The fourth-order valence-electron chi connectivity index (χ4n) is 4.92. The van der Waals surface area contributed by atoms with E-state index in [9.17, 15) is 13.5 Å². The molecule has 1 aliphatic rings. The molecule has 1 atom stereocenters. The molecule has 38 heavy (non-hydrogen) atoms. The molecular weight excluding hydrogens is 516 g/mol. The molecule has 1 unspecified atom stereocenters.